The summed E-state index contributed by atoms with van der Waals surface area (Å²) in [5.41, 5.74) is 1.07. The van der Waals surface area contributed by atoms with Crippen LogP contribution in [0.25, 0.3) is 0 Å². The molecule has 0 radical (unpaired) electrons. The second kappa shape index (κ2) is 9.05. The molecule has 0 saturated carbocycles. The molecule has 160 valence electrons. The van der Waals surface area contributed by atoms with Crippen molar-refractivity contribution in [2.75, 3.05) is 32.8 Å². The number of piperidine rings is 1. The summed E-state index contributed by atoms with van der Waals surface area (Å²) in [7, 11) is 0. The quantitative estimate of drug-likeness (QED) is 0.818. The lowest BCUT2D eigenvalue weighted by Gasteiger charge is -2.47. The molecule has 0 aliphatic carbocycles. The van der Waals surface area contributed by atoms with Gasteiger partial charge in [0.15, 0.2) is 0 Å². The van der Waals surface area contributed by atoms with Crippen LogP contribution >= 0.6 is 0 Å². The van der Waals surface area contributed by atoms with Gasteiger partial charge in [-0.3, -0.25) is 4.79 Å². The zero-order valence-electron chi connectivity index (χ0n) is 18.0. The minimum Gasteiger partial charge on any atom is -0.487 e. The molecular formula is C24H36N2O3. The SMILES string of the molecule is CC(C)NC(=O)C[C@H]1CC2(CCN(CC3CCOCC3)CC2)Oc2ccccc21. The Balaban J connectivity index is 1.41. The smallest absolute Gasteiger partial charge is 0.220 e. The number of para-hydroxylation sites is 1. The van der Waals surface area contributed by atoms with Gasteiger partial charge in [0, 0.05) is 51.2 Å². The number of nitrogens with one attached hydrogen (secondary N) is 1. The van der Waals surface area contributed by atoms with E-state index >= 15 is 0 Å². The van der Waals surface area contributed by atoms with Crippen molar-refractivity contribution in [2.45, 2.75) is 69.9 Å². The molecule has 1 aromatic carbocycles. The van der Waals surface area contributed by atoms with Gasteiger partial charge in [-0.25, -0.2) is 0 Å². The molecular weight excluding hydrogens is 364 g/mol. The number of nitrogens with zero attached hydrogens (tertiary/aromatic N) is 1. The zero-order valence-corrected chi connectivity index (χ0v) is 18.0. The molecule has 5 heteroatoms. The second-order valence-electron chi connectivity index (χ2n) is 9.51. The fraction of sp³-hybridized carbons (Fsp3) is 0.708. The Morgan fingerprint density at radius 1 is 1.21 bits per heavy atom. The predicted molar refractivity (Wildman–Crippen MR) is 114 cm³/mol. The average Bonchev–Trinajstić information content (AvgIpc) is 2.70. The summed E-state index contributed by atoms with van der Waals surface area (Å²) in [6.45, 7) is 9.24. The van der Waals surface area contributed by atoms with Crippen molar-refractivity contribution in [3.8, 4) is 5.75 Å². The van der Waals surface area contributed by atoms with Crippen LogP contribution in [0.1, 0.15) is 63.9 Å². The van der Waals surface area contributed by atoms with Crippen molar-refractivity contribution in [3.63, 3.8) is 0 Å². The Bertz CT molecular complexity index is 691. The van der Waals surface area contributed by atoms with E-state index in [0.717, 1.165) is 57.2 Å². The third-order valence-corrected chi connectivity index (χ3v) is 6.81. The van der Waals surface area contributed by atoms with E-state index in [4.69, 9.17) is 9.47 Å². The van der Waals surface area contributed by atoms with Crippen LogP contribution in [-0.4, -0.2) is 55.3 Å². The summed E-state index contributed by atoms with van der Waals surface area (Å²) < 4.78 is 12.1. The van der Waals surface area contributed by atoms with E-state index in [1.807, 2.05) is 19.9 Å². The van der Waals surface area contributed by atoms with Crippen LogP contribution in [-0.2, 0) is 9.53 Å². The summed E-state index contributed by atoms with van der Waals surface area (Å²) in [5.74, 6) is 2.15. The van der Waals surface area contributed by atoms with Gasteiger partial charge < -0.3 is 19.7 Å². The number of carbonyl (C=O) groups is 1. The molecule has 3 heterocycles. The fourth-order valence-corrected chi connectivity index (χ4v) is 5.27. The van der Waals surface area contributed by atoms with E-state index in [1.165, 1.54) is 24.9 Å². The highest BCUT2D eigenvalue weighted by Crippen LogP contribution is 2.46. The van der Waals surface area contributed by atoms with E-state index in [0.29, 0.717) is 6.42 Å². The van der Waals surface area contributed by atoms with Crippen LogP contribution in [0.5, 0.6) is 5.75 Å². The number of hydrogen-bond donors (Lipinski definition) is 1. The van der Waals surface area contributed by atoms with Gasteiger partial charge in [0.2, 0.25) is 5.91 Å². The molecule has 2 fully saturated rings. The van der Waals surface area contributed by atoms with Crippen LogP contribution in [0.3, 0.4) is 0 Å². The van der Waals surface area contributed by atoms with Crippen molar-refractivity contribution < 1.29 is 14.3 Å². The Hall–Kier alpha value is -1.59. The number of fused-ring (bicyclic) bond motifs is 1. The molecule has 1 aromatic rings. The third-order valence-electron chi connectivity index (χ3n) is 6.81. The van der Waals surface area contributed by atoms with Crippen molar-refractivity contribution in [2.24, 2.45) is 5.92 Å². The Labute approximate surface area is 175 Å². The van der Waals surface area contributed by atoms with Crippen LogP contribution in [0.2, 0.25) is 0 Å². The second-order valence-corrected chi connectivity index (χ2v) is 9.51. The summed E-state index contributed by atoms with van der Waals surface area (Å²) >= 11 is 0. The number of amides is 1. The third kappa shape index (κ3) is 5.13. The number of benzene rings is 1. The van der Waals surface area contributed by atoms with Crippen LogP contribution in [0, 0.1) is 5.92 Å². The van der Waals surface area contributed by atoms with Gasteiger partial charge in [0.1, 0.15) is 11.4 Å². The Kier molecular flexibility index (Phi) is 6.45. The maximum absolute atomic E-state index is 12.5. The predicted octanol–water partition coefficient (Wildman–Crippen LogP) is 3.73. The molecule has 1 N–H and O–H groups in total. The molecule has 3 aliphatic rings. The Morgan fingerprint density at radius 3 is 2.66 bits per heavy atom. The lowest BCUT2D eigenvalue weighted by atomic mass is 9.76. The van der Waals surface area contributed by atoms with Gasteiger partial charge in [-0.05, 0) is 63.5 Å². The summed E-state index contributed by atoms with van der Waals surface area (Å²) in [5, 5.41) is 3.07. The first kappa shape index (κ1) is 20.7. The molecule has 3 aliphatic heterocycles. The largest absolute Gasteiger partial charge is 0.487 e. The first-order chi connectivity index (χ1) is 14.0. The topological polar surface area (TPSA) is 50.8 Å². The minimum atomic E-state index is -0.122. The van der Waals surface area contributed by atoms with E-state index in [2.05, 4.69) is 28.4 Å². The van der Waals surface area contributed by atoms with Gasteiger partial charge in [-0.2, -0.15) is 0 Å². The molecule has 1 atom stereocenters. The van der Waals surface area contributed by atoms with Crippen molar-refractivity contribution in [3.05, 3.63) is 29.8 Å². The monoisotopic (exact) mass is 400 g/mol. The van der Waals surface area contributed by atoms with Gasteiger partial charge in [-0.1, -0.05) is 18.2 Å². The lowest BCUT2D eigenvalue weighted by molar-refractivity contribution is -0.122. The number of likely N-dealkylation sites (tertiary alicyclic amines) is 1. The highest BCUT2D eigenvalue weighted by Gasteiger charge is 2.43. The molecule has 5 nitrogen and oxygen atoms in total. The van der Waals surface area contributed by atoms with E-state index < -0.39 is 0 Å². The average molecular weight is 401 g/mol. The lowest BCUT2D eigenvalue weighted by Crippen LogP contribution is -2.51. The number of carbonyl (C=O) groups excluding carboxylic acids is 1. The standard InChI is InChI=1S/C24H36N2O3/c1-18(2)25-23(27)15-20-16-24(29-22-6-4-3-5-21(20)22)9-11-26(12-10-24)17-19-7-13-28-14-8-19/h3-6,18-20H,7-17H2,1-2H3,(H,25,27)/t20-/m0/s1. The summed E-state index contributed by atoms with van der Waals surface area (Å²) in [6, 6.07) is 8.50. The molecule has 2 saturated heterocycles. The van der Waals surface area contributed by atoms with Crippen LogP contribution in [0.4, 0.5) is 0 Å². The number of hydrogen-bond acceptors (Lipinski definition) is 4. The highest BCUT2D eigenvalue weighted by atomic mass is 16.5. The maximum atomic E-state index is 12.5. The van der Waals surface area contributed by atoms with Gasteiger partial charge in [0.25, 0.3) is 0 Å². The first-order valence-electron chi connectivity index (χ1n) is 11.4. The number of rotatable bonds is 5. The van der Waals surface area contributed by atoms with E-state index in [1.54, 1.807) is 0 Å². The first-order valence-corrected chi connectivity index (χ1v) is 11.4. The van der Waals surface area contributed by atoms with Crippen molar-refractivity contribution in [1.29, 1.82) is 0 Å². The highest BCUT2D eigenvalue weighted by molar-refractivity contribution is 5.77. The molecule has 0 unspecified atom stereocenters. The van der Waals surface area contributed by atoms with E-state index in [-0.39, 0.29) is 23.5 Å². The van der Waals surface area contributed by atoms with Crippen molar-refractivity contribution >= 4 is 5.91 Å². The van der Waals surface area contributed by atoms with Gasteiger partial charge in [0.05, 0.1) is 0 Å². The van der Waals surface area contributed by atoms with Crippen LogP contribution < -0.4 is 10.1 Å². The Morgan fingerprint density at radius 2 is 1.93 bits per heavy atom. The molecule has 0 aromatic heterocycles. The molecule has 1 spiro atoms. The van der Waals surface area contributed by atoms with Gasteiger partial charge in [-0.15, -0.1) is 0 Å². The molecule has 0 bridgehead atoms. The van der Waals surface area contributed by atoms with Gasteiger partial charge >= 0.3 is 0 Å². The zero-order chi connectivity index (χ0) is 20.3. The maximum Gasteiger partial charge on any atom is 0.220 e. The fourth-order valence-electron chi connectivity index (χ4n) is 5.27. The summed E-state index contributed by atoms with van der Waals surface area (Å²) in [6.07, 6.45) is 5.98. The number of ether oxygens (including phenoxy) is 2. The van der Waals surface area contributed by atoms with Crippen LogP contribution in [0.15, 0.2) is 24.3 Å². The summed E-state index contributed by atoms with van der Waals surface area (Å²) in [4.78, 5) is 15.1. The molecule has 1 amide bonds. The van der Waals surface area contributed by atoms with Crippen molar-refractivity contribution in [1.82, 2.24) is 10.2 Å². The molecule has 4 rings (SSSR count). The normalized spacial score (nSPS) is 24.9. The van der Waals surface area contributed by atoms with E-state index in [9.17, 15) is 4.79 Å². The molecule has 29 heavy (non-hydrogen) atoms. The minimum absolute atomic E-state index is 0.122.